The van der Waals surface area contributed by atoms with Gasteiger partial charge in [-0.05, 0) is 44.4 Å². The lowest BCUT2D eigenvalue weighted by Gasteiger charge is -2.32. The van der Waals surface area contributed by atoms with Crippen molar-refractivity contribution in [1.82, 2.24) is 5.32 Å². The summed E-state index contributed by atoms with van der Waals surface area (Å²) >= 11 is 0. The third kappa shape index (κ3) is 3.74. The third-order valence-electron chi connectivity index (χ3n) is 4.30. The lowest BCUT2D eigenvalue weighted by Crippen LogP contribution is -2.38. The summed E-state index contributed by atoms with van der Waals surface area (Å²) < 4.78 is 5.92. The molecule has 0 unspecified atom stereocenters. The van der Waals surface area contributed by atoms with E-state index in [4.69, 9.17) is 4.74 Å². The Kier molecular flexibility index (Phi) is 4.26. The van der Waals surface area contributed by atoms with E-state index in [0.29, 0.717) is 5.41 Å². The summed E-state index contributed by atoms with van der Waals surface area (Å²) in [5.41, 5.74) is 0.386. The first kappa shape index (κ1) is 12.4. The minimum absolute atomic E-state index is 0.386. The predicted octanol–water partition coefficient (Wildman–Crippen LogP) is 2.97. The molecule has 2 rings (SSSR count). The molecular formula is C14H27NO. The molecule has 0 radical (unpaired) electrons. The van der Waals surface area contributed by atoms with E-state index < -0.39 is 0 Å². The summed E-state index contributed by atoms with van der Waals surface area (Å²) in [5, 5.41) is 3.67. The maximum absolute atomic E-state index is 5.92. The van der Waals surface area contributed by atoms with E-state index in [9.17, 15) is 0 Å². The van der Waals surface area contributed by atoms with Crippen molar-refractivity contribution >= 4 is 0 Å². The van der Waals surface area contributed by atoms with Crippen LogP contribution in [0.2, 0.25) is 0 Å². The van der Waals surface area contributed by atoms with Crippen LogP contribution >= 0.6 is 0 Å². The number of hydrogen-bond acceptors (Lipinski definition) is 2. The number of nitrogens with one attached hydrogen (secondary N) is 1. The lowest BCUT2D eigenvalue weighted by atomic mass is 9.83. The fourth-order valence-corrected chi connectivity index (χ4v) is 2.13. The first-order valence-electron chi connectivity index (χ1n) is 7.09. The summed E-state index contributed by atoms with van der Waals surface area (Å²) in [5.74, 6) is 0.891. The second-order valence-electron chi connectivity index (χ2n) is 5.82. The largest absolute Gasteiger partial charge is 0.381 e. The molecule has 0 saturated heterocycles. The Bertz CT molecular complexity index is 205. The van der Waals surface area contributed by atoms with Gasteiger partial charge in [0.15, 0.2) is 0 Å². The van der Waals surface area contributed by atoms with Gasteiger partial charge in [-0.3, -0.25) is 0 Å². The SMILES string of the molecule is CCC(CC)(CNC1CC1)COCC1CC1. The van der Waals surface area contributed by atoms with Gasteiger partial charge in [-0.15, -0.1) is 0 Å². The standard InChI is InChI=1S/C14H27NO/c1-3-14(4-2,10-15-13-7-8-13)11-16-9-12-5-6-12/h12-13,15H,3-11H2,1-2H3. The van der Waals surface area contributed by atoms with Crippen molar-refractivity contribution in [2.24, 2.45) is 11.3 Å². The molecule has 0 bridgehead atoms. The molecule has 2 saturated carbocycles. The Morgan fingerprint density at radius 2 is 1.81 bits per heavy atom. The quantitative estimate of drug-likeness (QED) is 0.651. The van der Waals surface area contributed by atoms with Gasteiger partial charge in [-0.1, -0.05) is 13.8 Å². The van der Waals surface area contributed by atoms with Crippen LogP contribution in [0.5, 0.6) is 0 Å². The molecule has 16 heavy (non-hydrogen) atoms. The number of ether oxygens (including phenoxy) is 1. The molecular weight excluding hydrogens is 198 g/mol. The van der Waals surface area contributed by atoms with Crippen LogP contribution in [-0.4, -0.2) is 25.8 Å². The highest BCUT2D eigenvalue weighted by atomic mass is 16.5. The predicted molar refractivity (Wildman–Crippen MR) is 67.6 cm³/mol. The zero-order valence-corrected chi connectivity index (χ0v) is 10.9. The van der Waals surface area contributed by atoms with Gasteiger partial charge < -0.3 is 10.1 Å². The summed E-state index contributed by atoms with van der Waals surface area (Å²) in [6, 6.07) is 0.820. The Labute approximate surface area is 100 Å². The van der Waals surface area contributed by atoms with Crippen molar-refractivity contribution in [3.63, 3.8) is 0 Å². The molecule has 0 spiro atoms. The van der Waals surface area contributed by atoms with E-state index in [1.54, 1.807) is 0 Å². The van der Waals surface area contributed by atoms with E-state index in [1.165, 1.54) is 38.5 Å². The van der Waals surface area contributed by atoms with Crippen LogP contribution in [-0.2, 0) is 4.74 Å². The van der Waals surface area contributed by atoms with Crippen molar-refractivity contribution < 1.29 is 4.74 Å². The lowest BCUT2D eigenvalue weighted by molar-refractivity contribution is 0.0321. The molecule has 0 aromatic carbocycles. The average Bonchev–Trinajstić information content (AvgIpc) is 3.17. The Balaban J connectivity index is 1.69. The van der Waals surface area contributed by atoms with Gasteiger partial charge in [-0.2, -0.15) is 0 Å². The molecule has 0 atom stereocenters. The van der Waals surface area contributed by atoms with E-state index in [2.05, 4.69) is 19.2 Å². The highest BCUT2D eigenvalue weighted by Crippen LogP contribution is 2.32. The van der Waals surface area contributed by atoms with Gasteiger partial charge in [0, 0.05) is 24.6 Å². The van der Waals surface area contributed by atoms with Crippen LogP contribution < -0.4 is 5.32 Å². The molecule has 0 aromatic heterocycles. The zero-order chi connectivity index (χ0) is 11.4. The molecule has 0 aromatic rings. The van der Waals surface area contributed by atoms with Crippen LogP contribution in [0.15, 0.2) is 0 Å². The van der Waals surface area contributed by atoms with Gasteiger partial charge in [0.25, 0.3) is 0 Å². The molecule has 0 heterocycles. The first-order valence-corrected chi connectivity index (χ1v) is 7.09. The zero-order valence-electron chi connectivity index (χ0n) is 10.9. The Morgan fingerprint density at radius 3 is 2.31 bits per heavy atom. The van der Waals surface area contributed by atoms with Crippen molar-refractivity contribution in [2.75, 3.05) is 19.8 Å². The van der Waals surface area contributed by atoms with Crippen molar-refractivity contribution in [1.29, 1.82) is 0 Å². The monoisotopic (exact) mass is 225 g/mol. The molecule has 0 aliphatic heterocycles. The summed E-state index contributed by atoms with van der Waals surface area (Å²) in [6.45, 7) is 7.72. The molecule has 1 N–H and O–H groups in total. The minimum Gasteiger partial charge on any atom is -0.381 e. The second-order valence-corrected chi connectivity index (χ2v) is 5.82. The van der Waals surface area contributed by atoms with Gasteiger partial charge >= 0.3 is 0 Å². The molecule has 2 heteroatoms. The minimum atomic E-state index is 0.386. The maximum atomic E-state index is 5.92. The highest BCUT2D eigenvalue weighted by Gasteiger charge is 2.31. The van der Waals surface area contributed by atoms with Crippen LogP contribution in [0.4, 0.5) is 0 Å². The summed E-state index contributed by atoms with van der Waals surface area (Å²) in [7, 11) is 0. The van der Waals surface area contributed by atoms with Gasteiger partial charge in [-0.25, -0.2) is 0 Å². The van der Waals surface area contributed by atoms with E-state index in [-0.39, 0.29) is 0 Å². The van der Waals surface area contributed by atoms with E-state index >= 15 is 0 Å². The van der Waals surface area contributed by atoms with E-state index in [1.807, 2.05) is 0 Å². The normalized spacial score (nSPS) is 21.4. The van der Waals surface area contributed by atoms with Crippen LogP contribution in [0.1, 0.15) is 52.4 Å². The highest BCUT2D eigenvalue weighted by molar-refractivity contribution is 4.87. The maximum Gasteiger partial charge on any atom is 0.0534 e. The van der Waals surface area contributed by atoms with Crippen LogP contribution in [0, 0.1) is 11.3 Å². The summed E-state index contributed by atoms with van der Waals surface area (Å²) in [4.78, 5) is 0. The molecule has 0 amide bonds. The summed E-state index contributed by atoms with van der Waals surface area (Å²) in [6.07, 6.45) is 8.01. The first-order chi connectivity index (χ1) is 7.78. The van der Waals surface area contributed by atoms with Gasteiger partial charge in [0.2, 0.25) is 0 Å². The molecule has 2 aliphatic rings. The second kappa shape index (κ2) is 5.50. The van der Waals surface area contributed by atoms with Crippen molar-refractivity contribution in [3.05, 3.63) is 0 Å². The number of hydrogen-bond donors (Lipinski definition) is 1. The fraction of sp³-hybridized carbons (Fsp3) is 1.00. The third-order valence-corrected chi connectivity index (χ3v) is 4.30. The smallest absolute Gasteiger partial charge is 0.0534 e. The Hall–Kier alpha value is -0.0800. The van der Waals surface area contributed by atoms with Gasteiger partial charge in [0.05, 0.1) is 6.61 Å². The molecule has 2 nitrogen and oxygen atoms in total. The van der Waals surface area contributed by atoms with Gasteiger partial charge in [0.1, 0.15) is 0 Å². The number of rotatable bonds is 9. The van der Waals surface area contributed by atoms with Crippen LogP contribution in [0.25, 0.3) is 0 Å². The molecule has 2 aliphatic carbocycles. The van der Waals surface area contributed by atoms with Crippen molar-refractivity contribution in [2.45, 2.75) is 58.4 Å². The van der Waals surface area contributed by atoms with Crippen LogP contribution in [0.3, 0.4) is 0 Å². The molecule has 2 fully saturated rings. The average molecular weight is 225 g/mol. The molecule has 94 valence electrons. The Morgan fingerprint density at radius 1 is 1.12 bits per heavy atom. The topological polar surface area (TPSA) is 21.3 Å². The fourth-order valence-electron chi connectivity index (χ4n) is 2.13. The van der Waals surface area contributed by atoms with Crippen molar-refractivity contribution in [3.8, 4) is 0 Å². The van der Waals surface area contributed by atoms with E-state index in [0.717, 1.165) is 31.7 Å².